The monoisotopic (exact) mass is 326 g/mol. The molecule has 0 aromatic rings. The topological polar surface area (TPSA) is 93.2 Å². The summed E-state index contributed by atoms with van der Waals surface area (Å²) >= 11 is 2.44. The number of amides is 2. The molecule has 3 unspecified atom stereocenters. The Morgan fingerprint density at radius 3 is 2.80 bits per heavy atom. The number of nitrogens with one attached hydrogen (secondary N) is 2. The molecular weight excluding hydrogens is 307 g/mol. The van der Waals surface area contributed by atoms with Crippen LogP contribution in [0.5, 0.6) is 0 Å². The molecule has 0 saturated heterocycles. The van der Waals surface area contributed by atoms with Crippen LogP contribution < -0.4 is 22.3 Å². The van der Waals surface area contributed by atoms with E-state index in [4.69, 9.17) is 11.6 Å². The Labute approximate surface area is 104 Å². The minimum absolute atomic E-state index is 0.178. The Morgan fingerprint density at radius 1 is 1.60 bits per heavy atom. The maximum Gasteiger partial charge on any atom is 0.329 e. The van der Waals surface area contributed by atoms with E-state index in [9.17, 15) is 4.79 Å². The maximum atomic E-state index is 11.1. The van der Waals surface area contributed by atoms with Gasteiger partial charge < -0.3 is 11.1 Å². The average Bonchev–Trinajstić information content (AvgIpc) is 2.15. The van der Waals surface area contributed by atoms with Crippen molar-refractivity contribution in [3.8, 4) is 0 Å². The van der Waals surface area contributed by atoms with Gasteiger partial charge in [0.25, 0.3) is 0 Å². The number of carbonyl (C=O) groups is 1. The summed E-state index contributed by atoms with van der Waals surface area (Å²) in [6.45, 7) is 2.88. The molecule has 3 atom stereocenters. The molecule has 88 valence electrons. The van der Waals surface area contributed by atoms with Gasteiger partial charge >= 0.3 is 6.03 Å². The number of rotatable bonds is 2. The standard InChI is InChI=1S/C9H19IN4O/c1-9(10)3-6(5-11)2-7(4-9)13-8(15)14-12/h6-7H,2-5,11-12H2,1H3,(H2,13,14,15). The van der Waals surface area contributed by atoms with Gasteiger partial charge in [-0.25, -0.2) is 10.6 Å². The molecule has 1 aliphatic rings. The van der Waals surface area contributed by atoms with E-state index in [1.807, 2.05) is 0 Å². The predicted molar refractivity (Wildman–Crippen MR) is 68.5 cm³/mol. The van der Waals surface area contributed by atoms with Crippen molar-refractivity contribution in [1.82, 2.24) is 10.7 Å². The highest BCUT2D eigenvalue weighted by molar-refractivity contribution is 14.1. The number of nitrogens with two attached hydrogens (primary N) is 2. The molecule has 1 rings (SSSR count). The van der Waals surface area contributed by atoms with E-state index in [0.717, 1.165) is 19.3 Å². The van der Waals surface area contributed by atoms with Crippen LogP contribution in [-0.2, 0) is 0 Å². The van der Waals surface area contributed by atoms with Crippen LogP contribution in [0.25, 0.3) is 0 Å². The molecule has 0 bridgehead atoms. The molecule has 0 aliphatic heterocycles. The fraction of sp³-hybridized carbons (Fsp3) is 0.889. The van der Waals surface area contributed by atoms with Gasteiger partial charge in [0, 0.05) is 9.46 Å². The zero-order chi connectivity index (χ0) is 11.5. The van der Waals surface area contributed by atoms with Crippen LogP contribution in [0.15, 0.2) is 0 Å². The number of halogens is 1. The van der Waals surface area contributed by atoms with Crippen molar-refractivity contribution in [3.63, 3.8) is 0 Å². The zero-order valence-corrected chi connectivity index (χ0v) is 11.1. The van der Waals surface area contributed by atoms with E-state index in [2.05, 4.69) is 40.3 Å². The summed E-state index contributed by atoms with van der Waals surface area (Å²) < 4.78 is 0.215. The first-order valence-electron chi connectivity index (χ1n) is 5.13. The fourth-order valence-electron chi connectivity index (χ4n) is 2.28. The van der Waals surface area contributed by atoms with Gasteiger partial charge in [0.2, 0.25) is 0 Å². The van der Waals surface area contributed by atoms with Crippen molar-refractivity contribution in [2.24, 2.45) is 17.5 Å². The van der Waals surface area contributed by atoms with Gasteiger partial charge in [-0.3, -0.25) is 5.43 Å². The van der Waals surface area contributed by atoms with E-state index in [1.54, 1.807) is 0 Å². The van der Waals surface area contributed by atoms with Crippen molar-refractivity contribution in [1.29, 1.82) is 0 Å². The lowest BCUT2D eigenvalue weighted by Gasteiger charge is -2.38. The molecule has 0 aromatic carbocycles. The van der Waals surface area contributed by atoms with Gasteiger partial charge in [0.15, 0.2) is 0 Å². The Hall–Kier alpha value is -0.0800. The van der Waals surface area contributed by atoms with Crippen molar-refractivity contribution >= 4 is 28.6 Å². The summed E-state index contributed by atoms with van der Waals surface area (Å²) in [6.07, 6.45) is 3.03. The minimum Gasteiger partial charge on any atom is -0.334 e. The Kier molecular flexibility index (Phi) is 4.60. The van der Waals surface area contributed by atoms with Crippen LogP contribution in [0.3, 0.4) is 0 Å². The molecule has 6 heteroatoms. The predicted octanol–water partition coefficient (Wildman–Crippen LogP) is 0.480. The molecule has 0 heterocycles. The highest BCUT2D eigenvalue weighted by Gasteiger charge is 2.35. The van der Waals surface area contributed by atoms with E-state index in [-0.39, 0.29) is 15.5 Å². The molecule has 1 saturated carbocycles. The molecule has 0 spiro atoms. The van der Waals surface area contributed by atoms with Crippen molar-refractivity contribution in [2.75, 3.05) is 6.54 Å². The van der Waals surface area contributed by atoms with Gasteiger partial charge in [-0.2, -0.15) is 0 Å². The molecular formula is C9H19IN4O. The van der Waals surface area contributed by atoms with E-state index < -0.39 is 0 Å². The Balaban J connectivity index is 2.54. The summed E-state index contributed by atoms with van der Waals surface area (Å²) in [6, 6.07) is -0.136. The van der Waals surface area contributed by atoms with Crippen molar-refractivity contribution in [3.05, 3.63) is 0 Å². The normalized spacial score (nSPS) is 36.0. The minimum atomic E-state index is -0.315. The molecule has 1 fully saturated rings. The SMILES string of the molecule is CC1(I)CC(CN)CC(NC(=O)NN)C1. The second-order valence-corrected chi connectivity index (χ2v) is 7.08. The highest BCUT2D eigenvalue weighted by Crippen LogP contribution is 2.38. The third-order valence-electron chi connectivity index (χ3n) is 2.80. The number of carbonyl (C=O) groups excluding carboxylic acids is 1. The number of urea groups is 1. The number of hydrazine groups is 1. The van der Waals surface area contributed by atoms with Gasteiger partial charge in [-0.1, -0.05) is 29.5 Å². The highest BCUT2D eigenvalue weighted by atomic mass is 127. The second kappa shape index (κ2) is 5.31. The van der Waals surface area contributed by atoms with Gasteiger partial charge in [0.1, 0.15) is 0 Å². The van der Waals surface area contributed by atoms with Crippen molar-refractivity contribution < 1.29 is 4.79 Å². The Morgan fingerprint density at radius 2 is 2.27 bits per heavy atom. The molecule has 5 nitrogen and oxygen atoms in total. The van der Waals surface area contributed by atoms with Gasteiger partial charge in [0.05, 0.1) is 0 Å². The van der Waals surface area contributed by atoms with Crippen LogP contribution in [0.2, 0.25) is 0 Å². The lowest BCUT2D eigenvalue weighted by molar-refractivity contribution is 0.221. The third-order valence-corrected chi connectivity index (χ3v) is 3.68. The zero-order valence-electron chi connectivity index (χ0n) is 8.92. The summed E-state index contributed by atoms with van der Waals surface area (Å²) in [4.78, 5) is 11.1. The Bertz CT molecular complexity index is 234. The summed E-state index contributed by atoms with van der Waals surface area (Å²) in [5.74, 6) is 5.52. The van der Waals surface area contributed by atoms with Crippen LogP contribution in [0.4, 0.5) is 4.79 Å². The first-order valence-corrected chi connectivity index (χ1v) is 6.21. The van der Waals surface area contributed by atoms with Gasteiger partial charge in [-0.15, -0.1) is 0 Å². The first-order chi connectivity index (χ1) is 6.96. The van der Waals surface area contributed by atoms with E-state index in [0.29, 0.717) is 12.5 Å². The lowest BCUT2D eigenvalue weighted by Crippen LogP contribution is -2.50. The van der Waals surface area contributed by atoms with Gasteiger partial charge in [-0.05, 0) is 31.7 Å². The lowest BCUT2D eigenvalue weighted by atomic mass is 9.79. The van der Waals surface area contributed by atoms with Crippen LogP contribution in [-0.4, -0.2) is 22.0 Å². The molecule has 6 N–H and O–H groups in total. The summed E-state index contributed by atoms with van der Waals surface area (Å²) in [7, 11) is 0. The smallest absolute Gasteiger partial charge is 0.329 e. The average molecular weight is 326 g/mol. The third kappa shape index (κ3) is 4.12. The second-order valence-electron chi connectivity index (χ2n) is 4.47. The van der Waals surface area contributed by atoms with Crippen LogP contribution in [0.1, 0.15) is 26.2 Å². The summed E-state index contributed by atoms with van der Waals surface area (Å²) in [5.41, 5.74) is 7.78. The molecule has 0 radical (unpaired) electrons. The molecule has 0 aromatic heterocycles. The number of hydrogen-bond donors (Lipinski definition) is 4. The molecule has 2 amide bonds. The maximum absolute atomic E-state index is 11.1. The fourth-order valence-corrected chi connectivity index (χ4v) is 3.44. The molecule has 1 aliphatic carbocycles. The number of hydrogen-bond acceptors (Lipinski definition) is 3. The van der Waals surface area contributed by atoms with Crippen LogP contribution in [0, 0.1) is 5.92 Å². The number of alkyl halides is 1. The largest absolute Gasteiger partial charge is 0.334 e. The summed E-state index contributed by atoms with van der Waals surface area (Å²) in [5, 5.41) is 2.85. The van der Waals surface area contributed by atoms with E-state index in [1.165, 1.54) is 0 Å². The van der Waals surface area contributed by atoms with E-state index >= 15 is 0 Å². The quantitative estimate of drug-likeness (QED) is 0.195. The van der Waals surface area contributed by atoms with Crippen LogP contribution >= 0.6 is 22.6 Å². The molecule has 15 heavy (non-hydrogen) atoms. The first kappa shape index (κ1) is 13.0. The van der Waals surface area contributed by atoms with Crippen molar-refractivity contribution in [2.45, 2.75) is 35.6 Å².